The Morgan fingerprint density at radius 2 is 1.96 bits per heavy atom. The van der Waals surface area contributed by atoms with Crippen molar-refractivity contribution in [2.45, 2.75) is 12.8 Å². The molecule has 5 nitrogen and oxygen atoms in total. The van der Waals surface area contributed by atoms with E-state index >= 15 is 0 Å². The summed E-state index contributed by atoms with van der Waals surface area (Å²) in [6, 6.07) is 12.8. The molecule has 3 rings (SSSR count). The third-order valence-electron chi connectivity index (χ3n) is 4.60. The summed E-state index contributed by atoms with van der Waals surface area (Å²) in [5.74, 6) is -1.47. The second-order valence-electron chi connectivity index (χ2n) is 6.57. The van der Waals surface area contributed by atoms with Gasteiger partial charge in [0.1, 0.15) is 0 Å². The van der Waals surface area contributed by atoms with E-state index in [1.165, 1.54) is 6.07 Å². The van der Waals surface area contributed by atoms with Gasteiger partial charge >= 0.3 is 6.03 Å². The third-order valence-corrected chi connectivity index (χ3v) is 4.60. The summed E-state index contributed by atoms with van der Waals surface area (Å²) >= 11 is 0. The average molecular weight is 370 g/mol. The van der Waals surface area contributed by atoms with Gasteiger partial charge in [-0.3, -0.25) is 0 Å². The summed E-state index contributed by atoms with van der Waals surface area (Å²) in [7, 11) is 0. The first-order chi connectivity index (χ1) is 13.0. The summed E-state index contributed by atoms with van der Waals surface area (Å²) in [5.41, 5.74) is 2.20. The third kappa shape index (κ3) is 4.94. The lowest BCUT2D eigenvalue weighted by Gasteiger charge is -2.19. The van der Waals surface area contributed by atoms with Gasteiger partial charge < -0.3 is 15.5 Å². The van der Waals surface area contributed by atoms with Crippen LogP contribution in [-0.4, -0.2) is 25.7 Å². The van der Waals surface area contributed by atoms with E-state index in [-0.39, 0.29) is 11.9 Å². The van der Waals surface area contributed by atoms with Crippen molar-refractivity contribution in [2.24, 2.45) is 5.92 Å². The summed E-state index contributed by atoms with van der Waals surface area (Å²) in [6.45, 7) is 1.91. The number of nitrogens with one attached hydrogen (secondary N) is 2. The minimum Gasteiger partial charge on any atom is -0.371 e. The first-order valence-electron chi connectivity index (χ1n) is 8.76. The van der Waals surface area contributed by atoms with Crippen LogP contribution in [0.15, 0.2) is 42.5 Å². The van der Waals surface area contributed by atoms with Gasteiger partial charge in [-0.1, -0.05) is 12.1 Å². The fourth-order valence-electron chi connectivity index (χ4n) is 3.13. The molecular weight excluding hydrogens is 350 g/mol. The number of carbonyl (C=O) groups is 1. The maximum atomic E-state index is 13.4. The van der Waals surface area contributed by atoms with E-state index in [9.17, 15) is 13.6 Å². The first-order valence-corrected chi connectivity index (χ1v) is 8.76. The Morgan fingerprint density at radius 1 is 1.19 bits per heavy atom. The number of nitrogens with zero attached hydrogens (tertiary/aromatic N) is 2. The van der Waals surface area contributed by atoms with Crippen molar-refractivity contribution in [3.05, 3.63) is 59.7 Å². The number of benzene rings is 2. The highest BCUT2D eigenvalue weighted by atomic mass is 19.2. The lowest BCUT2D eigenvalue weighted by molar-refractivity contribution is 0.250. The van der Waals surface area contributed by atoms with Gasteiger partial charge in [-0.2, -0.15) is 5.26 Å². The molecule has 1 atom stereocenters. The van der Waals surface area contributed by atoms with E-state index in [2.05, 4.69) is 16.7 Å². The van der Waals surface area contributed by atoms with Crippen molar-refractivity contribution in [1.29, 1.82) is 5.26 Å². The number of hydrogen-bond donors (Lipinski definition) is 2. The fourth-order valence-corrected chi connectivity index (χ4v) is 3.13. The maximum Gasteiger partial charge on any atom is 0.319 e. The van der Waals surface area contributed by atoms with Crippen LogP contribution in [0.3, 0.4) is 0 Å². The first kappa shape index (κ1) is 18.6. The molecule has 2 N–H and O–H groups in total. The summed E-state index contributed by atoms with van der Waals surface area (Å²) in [4.78, 5) is 14.0. The zero-order chi connectivity index (χ0) is 19.2. The van der Waals surface area contributed by atoms with E-state index in [0.29, 0.717) is 30.9 Å². The molecule has 0 saturated carbocycles. The molecule has 0 aliphatic carbocycles. The van der Waals surface area contributed by atoms with Crippen LogP contribution in [0.2, 0.25) is 0 Å². The van der Waals surface area contributed by atoms with Gasteiger partial charge in [0.25, 0.3) is 0 Å². The van der Waals surface area contributed by atoms with Gasteiger partial charge in [0.2, 0.25) is 0 Å². The van der Waals surface area contributed by atoms with E-state index in [1.807, 2.05) is 4.90 Å². The molecule has 2 aromatic rings. The molecular formula is C20H20F2N4O. The molecule has 0 spiro atoms. The second kappa shape index (κ2) is 8.49. The number of hydrogen-bond acceptors (Lipinski definition) is 3. The number of carbonyl (C=O) groups excluding carboxylic acids is 1. The Labute approximate surface area is 156 Å². The van der Waals surface area contributed by atoms with Gasteiger partial charge in [-0.05, 0) is 42.2 Å². The monoisotopic (exact) mass is 370 g/mol. The van der Waals surface area contributed by atoms with Crippen LogP contribution in [0.25, 0.3) is 0 Å². The van der Waals surface area contributed by atoms with E-state index < -0.39 is 11.6 Å². The van der Waals surface area contributed by atoms with Crippen molar-refractivity contribution >= 4 is 17.4 Å². The molecule has 0 unspecified atom stereocenters. The van der Waals surface area contributed by atoms with Crippen LogP contribution < -0.4 is 15.5 Å². The number of halogens is 2. The van der Waals surface area contributed by atoms with E-state index in [4.69, 9.17) is 5.26 Å². The van der Waals surface area contributed by atoms with Gasteiger partial charge in [-0.15, -0.1) is 0 Å². The highest BCUT2D eigenvalue weighted by molar-refractivity contribution is 5.89. The quantitative estimate of drug-likeness (QED) is 0.844. The van der Waals surface area contributed by atoms with Crippen LogP contribution >= 0.6 is 0 Å². The Morgan fingerprint density at radius 3 is 2.67 bits per heavy atom. The SMILES string of the molecule is N#CCc1ccc(NC(=O)NC[C@@H]2CCN(c3ccc(F)c(F)c3)C2)cc1. The molecule has 1 saturated heterocycles. The molecule has 0 radical (unpaired) electrons. The lowest BCUT2D eigenvalue weighted by Crippen LogP contribution is -2.34. The number of urea groups is 1. The maximum absolute atomic E-state index is 13.4. The zero-order valence-electron chi connectivity index (χ0n) is 14.7. The van der Waals surface area contributed by atoms with Crippen LogP contribution in [-0.2, 0) is 6.42 Å². The van der Waals surface area contributed by atoms with Crippen LogP contribution in [0.4, 0.5) is 25.0 Å². The zero-order valence-corrected chi connectivity index (χ0v) is 14.7. The Kier molecular flexibility index (Phi) is 5.87. The van der Waals surface area contributed by atoms with Gasteiger partial charge in [-0.25, -0.2) is 13.6 Å². The summed E-state index contributed by atoms with van der Waals surface area (Å²) in [6.07, 6.45) is 1.20. The predicted octanol–water partition coefficient (Wildman–Crippen LogP) is 3.68. The largest absolute Gasteiger partial charge is 0.371 e. The van der Waals surface area contributed by atoms with Crippen LogP contribution in [0.5, 0.6) is 0 Å². The van der Waals surface area contributed by atoms with Crippen molar-refractivity contribution in [3.8, 4) is 6.07 Å². The summed E-state index contributed by atoms with van der Waals surface area (Å²) < 4.78 is 26.4. The molecule has 1 aliphatic heterocycles. The molecule has 7 heteroatoms. The molecule has 1 heterocycles. The van der Waals surface area contributed by atoms with E-state index in [0.717, 1.165) is 24.6 Å². The molecule has 2 aromatic carbocycles. The van der Waals surface area contributed by atoms with Crippen molar-refractivity contribution in [3.63, 3.8) is 0 Å². The fraction of sp³-hybridized carbons (Fsp3) is 0.300. The molecule has 27 heavy (non-hydrogen) atoms. The lowest BCUT2D eigenvalue weighted by atomic mass is 10.1. The summed E-state index contributed by atoms with van der Waals surface area (Å²) in [5, 5.41) is 14.3. The molecule has 1 aliphatic rings. The van der Waals surface area contributed by atoms with Crippen molar-refractivity contribution < 1.29 is 13.6 Å². The highest BCUT2D eigenvalue weighted by Gasteiger charge is 2.23. The van der Waals surface area contributed by atoms with Crippen LogP contribution in [0, 0.1) is 28.9 Å². The topological polar surface area (TPSA) is 68.2 Å². The number of amides is 2. The second-order valence-corrected chi connectivity index (χ2v) is 6.57. The van der Waals surface area contributed by atoms with E-state index in [1.54, 1.807) is 30.3 Å². The van der Waals surface area contributed by atoms with Gasteiger partial charge in [0.15, 0.2) is 11.6 Å². The average Bonchev–Trinajstić information content (AvgIpc) is 3.13. The predicted molar refractivity (Wildman–Crippen MR) is 99.5 cm³/mol. The standard InChI is InChI=1S/C20H20F2N4O/c21-18-6-5-17(11-19(18)22)26-10-8-15(13-26)12-24-20(27)25-16-3-1-14(2-4-16)7-9-23/h1-6,11,15H,7-8,10,12-13H2,(H2,24,25,27)/t15-/m0/s1. The number of nitriles is 1. The minimum atomic E-state index is -0.853. The smallest absolute Gasteiger partial charge is 0.319 e. The van der Waals surface area contributed by atoms with Crippen molar-refractivity contribution in [2.75, 3.05) is 29.9 Å². The Balaban J connectivity index is 1.45. The van der Waals surface area contributed by atoms with Crippen molar-refractivity contribution in [1.82, 2.24) is 5.32 Å². The Bertz CT molecular complexity index is 848. The molecule has 2 amide bonds. The van der Waals surface area contributed by atoms with Gasteiger partial charge in [0.05, 0.1) is 12.5 Å². The minimum absolute atomic E-state index is 0.238. The molecule has 1 fully saturated rings. The molecule has 0 bridgehead atoms. The van der Waals surface area contributed by atoms with Gasteiger partial charge in [0, 0.05) is 37.1 Å². The molecule has 140 valence electrons. The highest BCUT2D eigenvalue weighted by Crippen LogP contribution is 2.25. The number of anilines is 2. The molecule has 0 aromatic heterocycles. The Hall–Kier alpha value is -3.14. The number of rotatable bonds is 5. The normalized spacial score (nSPS) is 16.0. The van der Waals surface area contributed by atoms with Crippen LogP contribution in [0.1, 0.15) is 12.0 Å².